The second-order valence-corrected chi connectivity index (χ2v) is 3.15. The van der Waals surface area contributed by atoms with Gasteiger partial charge in [0, 0.05) is 0 Å². The second kappa shape index (κ2) is 3.61. The minimum absolute atomic E-state index is 0.715. The van der Waals surface area contributed by atoms with Crippen molar-refractivity contribution in [3.8, 4) is 0 Å². The molecule has 0 atom stereocenters. The molecule has 0 aromatic carbocycles. The third kappa shape index (κ3) is 2.02. The number of aryl methyl sites for hydroxylation is 1. The summed E-state index contributed by atoms with van der Waals surface area (Å²) >= 11 is 1.78. The molecule has 0 aliphatic rings. The van der Waals surface area contributed by atoms with Crippen molar-refractivity contribution in [1.82, 2.24) is 10.1 Å². The first kappa shape index (κ1) is 7.60. The van der Waals surface area contributed by atoms with Crippen LogP contribution in [0.3, 0.4) is 0 Å². The molecule has 10 heavy (non-hydrogen) atoms. The van der Waals surface area contributed by atoms with Gasteiger partial charge in [0.15, 0.2) is 5.82 Å². The van der Waals surface area contributed by atoms with Gasteiger partial charge in [0.2, 0.25) is 5.89 Å². The molecule has 56 valence electrons. The van der Waals surface area contributed by atoms with Crippen LogP contribution >= 0.6 is 11.8 Å². The maximum Gasteiger partial charge on any atom is 0.236 e. The molecule has 0 saturated heterocycles. The molecule has 0 unspecified atom stereocenters. The summed E-state index contributed by atoms with van der Waals surface area (Å²) in [6, 6.07) is 0. The summed E-state index contributed by atoms with van der Waals surface area (Å²) in [5.74, 6) is 3.36. The molecule has 4 heteroatoms. The minimum Gasteiger partial charge on any atom is -0.338 e. The summed E-state index contributed by atoms with van der Waals surface area (Å²) in [6.45, 7) is 3.93. The van der Waals surface area contributed by atoms with Gasteiger partial charge in [-0.25, -0.2) is 0 Å². The van der Waals surface area contributed by atoms with Crippen molar-refractivity contribution in [2.45, 2.75) is 19.6 Å². The van der Waals surface area contributed by atoms with Crippen LogP contribution in [0.25, 0.3) is 0 Å². The SMILES string of the molecule is CCSCc1nc(C)no1. The summed E-state index contributed by atoms with van der Waals surface area (Å²) in [7, 11) is 0. The molecule has 0 aliphatic carbocycles. The highest BCUT2D eigenvalue weighted by Crippen LogP contribution is 2.08. The van der Waals surface area contributed by atoms with Crippen molar-refractivity contribution < 1.29 is 4.52 Å². The van der Waals surface area contributed by atoms with E-state index in [1.165, 1.54) is 0 Å². The topological polar surface area (TPSA) is 38.9 Å². The maximum absolute atomic E-state index is 4.88. The fraction of sp³-hybridized carbons (Fsp3) is 0.667. The van der Waals surface area contributed by atoms with E-state index < -0.39 is 0 Å². The molecule has 0 aliphatic heterocycles. The van der Waals surface area contributed by atoms with Gasteiger partial charge in [0.1, 0.15) is 0 Å². The Bertz CT molecular complexity index is 199. The highest BCUT2D eigenvalue weighted by atomic mass is 32.2. The molecule has 1 aromatic heterocycles. The number of nitrogens with zero attached hydrogens (tertiary/aromatic N) is 2. The van der Waals surface area contributed by atoms with Gasteiger partial charge in [-0.1, -0.05) is 12.1 Å². The van der Waals surface area contributed by atoms with E-state index >= 15 is 0 Å². The standard InChI is InChI=1S/C6H10N2OS/c1-3-10-4-6-7-5(2)8-9-6/h3-4H2,1-2H3. The molecule has 3 nitrogen and oxygen atoms in total. The zero-order valence-electron chi connectivity index (χ0n) is 6.13. The Balaban J connectivity index is 2.42. The van der Waals surface area contributed by atoms with Gasteiger partial charge < -0.3 is 4.52 Å². The van der Waals surface area contributed by atoms with E-state index in [1.807, 2.05) is 6.92 Å². The molecular formula is C6H10N2OS. The highest BCUT2D eigenvalue weighted by Gasteiger charge is 1.99. The molecule has 1 aromatic rings. The largest absolute Gasteiger partial charge is 0.338 e. The van der Waals surface area contributed by atoms with Crippen molar-refractivity contribution in [2.75, 3.05) is 5.75 Å². The first-order valence-electron chi connectivity index (χ1n) is 3.20. The summed E-state index contributed by atoms with van der Waals surface area (Å²) in [6.07, 6.45) is 0. The van der Waals surface area contributed by atoms with E-state index in [-0.39, 0.29) is 0 Å². The summed E-state index contributed by atoms with van der Waals surface area (Å²) in [4.78, 5) is 4.05. The Labute approximate surface area is 64.2 Å². The Morgan fingerprint density at radius 2 is 2.40 bits per heavy atom. The summed E-state index contributed by atoms with van der Waals surface area (Å²) in [5, 5.41) is 3.67. The molecule has 0 saturated carbocycles. The van der Waals surface area contributed by atoms with Crippen LogP contribution in [0.4, 0.5) is 0 Å². The van der Waals surface area contributed by atoms with Crippen LogP contribution in [0.15, 0.2) is 4.52 Å². The lowest BCUT2D eigenvalue weighted by molar-refractivity contribution is 0.387. The lowest BCUT2D eigenvalue weighted by Gasteiger charge is -1.87. The van der Waals surface area contributed by atoms with Crippen molar-refractivity contribution >= 4 is 11.8 Å². The number of rotatable bonds is 3. The average molecular weight is 158 g/mol. The van der Waals surface area contributed by atoms with Gasteiger partial charge in [0.05, 0.1) is 5.75 Å². The number of thioether (sulfide) groups is 1. The molecule has 0 N–H and O–H groups in total. The molecule has 0 fully saturated rings. The van der Waals surface area contributed by atoms with Crippen LogP contribution in [0.1, 0.15) is 18.6 Å². The maximum atomic E-state index is 4.88. The van der Waals surface area contributed by atoms with Crippen LogP contribution in [0.2, 0.25) is 0 Å². The van der Waals surface area contributed by atoms with Crippen molar-refractivity contribution in [1.29, 1.82) is 0 Å². The van der Waals surface area contributed by atoms with Crippen LogP contribution < -0.4 is 0 Å². The monoisotopic (exact) mass is 158 g/mol. The van der Waals surface area contributed by atoms with Gasteiger partial charge in [0.25, 0.3) is 0 Å². The predicted molar refractivity (Wildman–Crippen MR) is 40.9 cm³/mol. The minimum atomic E-state index is 0.715. The van der Waals surface area contributed by atoms with Crippen molar-refractivity contribution in [2.24, 2.45) is 0 Å². The average Bonchev–Trinajstić information content (AvgIpc) is 2.31. The molecule has 1 rings (SSSR count). The highest BCUT2D eigenvalue weighted by molar-refractivity contribution is 7.98. The number of aromatic nitrogens is 2. The van der Waals surface area contributed by atoms with Crippen molar-refractivity contribution in [3.63, 3.8) is 0 Å². The second-order valence-electron chi connectivity index (χ2n) is 1.87. The molecule has 1 heterocycles. The van der Waals surface area contributed by atoms with E-state index in [9.17, 15) is 0 Å². The van der Waals surface area contributed by atoms with E-state index in [0.29, 0.717) is 5.82 Å². The molecule has 0 amide bonds. The van der Waals surface area contributed by atoms with Crippen LogP contribution in [-0.2, 0) is 5.75 Å². The van der Waals surface area contributed by atoms with Crippen LogP contribution in [0.5, 0.6) is 0 Å². The van der Waals surface area contributed by atoms with Gasteiger partial charge in [-0.3, -0.25) is 0 Å². The Kier molecular flexibility index (Phi) is 2.74. The number of hydrogen-bond donors (Lipinski definition) is 0. The van der Waals surface area contributed by atoms with E-state index in [4.69, 9.17) is 4.52 Å². The number of hydrogen-bond acceptors (Lipinski definition) is 4. The molecular weight excluding hydrogens is 148 g/mol. The van der Waals surface area contributed by atoms with Gasteiger partial charge in [-0.05, 0) is 12.7 Å². The fourth-order valence-corrected chi connectivity index (χ4v) is 1.08. The summed E-state index contributed by atoms with van der Waals surface area (Å²) < 4.78 is 4.88. The third-order valence-corrected chi connectivity index (χ3v) is 1.86. The summed E-state index contributed by atoms with van der Waals surface area (Å²) in [5.41, 5.74) is 0. The normalized spacial score (nSPS) is 10.2. The third-order valence-electron chi connectivity index (χ3n) is 0.999. The van der Waals surface area contributed by atoms with E-state index in [1.54, 1.807) is 11.8 Å². The smallest absolute Gasteiger partial charge is 0.236 e. The zero-order chi connectivity index (χ0) is 7.40. The van der Waals surface area contributed by atoms with Gasteiger partial charge >= 0.3 is 0 Å². The fourth-order valence-electron chi connectivity index (χ4n) is 0.588. The van der Waals surface area contributed by atoms with E-state index in [2.05, 4.69) is 17.1 Å². The van der Waals surface area contributed by atoms with Crippen molar-refractivity contribution in [3.05, 3.63) is 11.7 Å². The molecule has 0 spiro atoms. The van der Waals surface area contributed by atoms with E-state index in [0.717, 1.165) is 17.4 Å². The quantitative estimate of drug-likeness (QED) is 0.670. The zero-order valence-corrected chi connectivity index (χ0v) is 6.94. The van der Waals surface area contributed by atoms with Crippen LogP contribution in [-0.4, -0.2) is 15.9 Å². The Hall–Kier alpha value is -0.510. The Morgan fingerprint density at radius 3 is 2.90 bits per heavy atom. The lowest BCUT2D eigenvalue weighted by Crippen LogP contribution is -1.80. The first-order valence-corrected chi connectivity index (χ1v) is 4.35. The van der Waals surface area contributed by atoms with Gasteiger partial charge in [-0.2, -0.15) is 16.7 Å². The lowest BCUT2D eigenvalue weighted by atomic mass is 10.7. The molecule has 0 bridgehead atoms. The van der Waals surface area contributed by atoms with Crippen LogP contribution in [0, 0.1) is 6.92 Å². The molecule has 0 radical (unpaired) electrons. The Morgan fingerprint density at radius 1 is 1.60 bits per heavy atom. The first-order chi connectivity index (χ1) is 4.83. The van der Waals surface area contributed by atoms with Gasteiger partial charge in [-0.15, -0.1) is 0 Å². The predicted octanol–water partition coefficient (Wildman–Crippen LogP) is 1.63.